The number of rotatable bonds is 1. The zero-order chi connectivity index (χ0) is 4.28. The molecule has 0 atom stereocenters. The van der Waals surface area contributed by atoms with Gasteiger partial charge in [-0.2, -0.15) is 0 Å². The number of hydrogen-bond donors (Lipinski definition) is 1. The van der Waals surface area contributed by atoms with Gasteiger partial charge in [0.15, 0.2) is 0 Å². The molecule has 0 aromatic carbocycles. The molecule has 0 spiro atoms. The fourth-order valence-corrected chi connectivity index (χ4v) is 0. The van der Waals surface area contributed by atoms with Crippen LogP contribution in [0.5, 0.6) is 0 Å². The van der Waals surface area contributed by atoms with E-state index in [0.29, 0.717) is 0 Å². The minimum Gasteiger partial charge on any atom is -0.350 e. The molecule has 0 saturated carbocycles. The maximum atomic E-state index is 9.52. The second-order valence-electron chi connectivity index (χ2n) is 0.605. The van der Waals surface area contributed by atoms with Crippen LogP contribution >= 0.6 is 11.6 Å². The van der Waals surface area contributed by atoms with Gasteiger partial charge >= 0.3 is 0 Å². The van der Waals surface area contributed by atoms with Crippen LogP contribution in [0.1, 0.15) is 0 Å². The van der Waals surface area contributed by atoms with Crippen molar-refractivity contribution in [2.45, 2.75) is 0 Å². The number of halogens is 1. The van der Waals surface area contributed by atoms with E-state index in [1.807, 2.05) is 0 Å². The van der Waals surface area contributed by atoms with E-state index in [1.54, 1.807) is 0 Å². The summed E-state index contributed by atoms with van der Waals surface area (Å²) in [6.45, 7) is 0.182. The Hall–Kier alpha value is -0.0800. The van der Waals surface area contributed by atoms with Crippen molar-refractivity contribution in [3.05, 3.63) is 0 Å². The molecular formula is C2H5ClNO+. The highest BCUT2D eigenvalue weighted by molar-refractivity contribution is 6.63. The van der Waals surface area contributed by atoms with E-state index >= 15 is 0 Å². The first-order chi connectivity index (χ1) is 2.27. The molecule has 0 unspecified atom stereocenters. The van der Waals surface area contributed by atoms with E-state index in [-0.39, 0.29) is 11.8 Å². The topological polar surface area (TPSA) is 44.7 Å². The monoisotopic (exact) mass is 94.0 g/mol. The Bertz CT molecular complexity index is 44.9. The molecule has 5 heavy (non-hydrogen) atoms. The third-order valence-electron chi connectivity index (χ3n) is 0.197. The Morgan fingerprint density at radius 2 is 2.20 bits per heavy atom. The summed E-state index contributed by atoms with van der Waals surface area (Å²) in [6, 6.07) is 0. The van der Waals surface area contributed by atoms with Gasteiger partial charge in [0, 0.05) is 0 Å². The van der Waals surface area contributed by atoms with Crippen LogP contribution in [0.15, 0.2) is 0 Å². The lowest BCUT2D eigenvalue weighted by Crippen LogP contribution is -2.52. The van der Waals surface area contributed by atoms with Gasteiger partial charge in [-0.1, -0.05) is 0 Å². The minimum absolute atomic E-state index is 0.182. The van der Waals surface area contributed by atoms with Crippen LogP contribution in [0.2, 0.25) is 0 Å². The number of quaternary nitrogens is 1. The van der Waals surface area contributed by atoms with Gasteiger partial charge in [0.25, 0.3) is 5.24 Å². The molecule has 0 aromatic rings. The molecule has 0 fully saturated rings. The first-order valence-electron chi connectivity index (χ1n) is 1.25. The predicted octanol–water partition coefficient (Wildman–Crippen LogP) is -1.01. The van der Waals surface area contributed by atoms with E-state index in [0.717, 1.165) is 0 Å². The van der Waals surface area contributed by atoms with Crippen LogP contribution < -0.4 is 5.73 Å². The fraction of sp³-hybridized carbons (Fsp3) is 0.500. The number of carbonyl (C=O) groups excluding carboxylic acids is 1. The van der Waals surface area contributed by atoms with E-state index in [2.05, 4.69) is 5.73 Å². The second-order valence-corrected chi connectivity index (χ2v) is 1.03. The molecule has 0 aliphatic heterocycles. The Labute approximate surface area is 34.9 Å². The van der Waals surface area contributed by atoms with Crippen molar-refractivity contribution >= 4 is 16.8 Å². The highest BCUT2D eigenvalue weighted by Gasteiger charge is 1.85. The Morgan fingerprint density at radius 3 is 2.20 bits per heavy atom. The predicted molar refractivity (Wildman–Crippen MR) is 18.6 cm³/mol. The van der Waals surface area contributed by atoms with Gasteiger partial charge in [0.1, 0.15) is 6.54 Å². The maximum absolute atomic E-state index is 9.52. The third-order valence-corrected chi connectivity index (χ3v) is 0.386. The van der Waals surface area contributed by atoms with Gasteiger partial charge in [-0.25, -0.2) is 0 Å². The summed E-state index contributed by atoms with van der Waals surface area (Å²) >= 11 is 4.76. The molecule has 0 aromatic heterocycles. The zero-order valence-electron chi connectivity index (χ0n) is 2.70. The van der Waals surface area contributed by atoms with Crippen molar-refractivity contribution in [2.24, 2.45) is 0 Å². The minimum atomic E-state index is -0.384. The van der Waals surface area contributed by atoms with Crippen molar-refractivity contribution in [3.8, 4) is 0 Å². The summed E-state index contributed by atoms with van der Waals surface area (Å²) in [4.78, 5) is 9.52. The summed E-state index contributed by atoms with van der Waals surface area (Å²) in [7, 11) is 0. The van der Waals surface area contributed by atoms with Crippen LogP contribution in [0.3, 0.4) is 0 Å². The number of carbonyl (C=O) groups is 1. The lowest BCUT2D eigenvalue weighted by atomic mass is 10.8. The van der Waals surface area contributed by atoms with Crippen molar-refractivity contribution in [2.75, 3.05) is 6.54 Å². The molecule has 0 rings (SSSR count). The van der Waals surface area contributed by atoms with Gasteiger partial charge in [0.05, 0.1) is 0 Å². The number of hydrogen-bond acceptors (Lipinski definition) is 1. The van der Waals surface area contributed by atoms with Crippen LogP contribution in [0.25, 0.3) is 0 Å². The van der Waals surface area contributed by atoms with E-state index in [1.165, 1.54) is 0 Å². The molecule has 2 nitrogen and oxygen atoms in total. The first kappa shape index (κ1) is 4.92. The highest BCUT2D eigenvalue weighted by Crippen LogP contribution is 1.66. The highest BCUT2D eigenvalue weighted by atomic mass is 35.5. The SMILES string of the molecule is [NH3+]CC(=O)Cl. The summed E-state index contributed by atoms with van der Waals surface area (Å²) in [6.07, 6.45) is 0. The fourth-order valence-electron chi connectivity index (χ4n) is 0. The van der Waals surface area contributed by atoms with Gasteiger partial charge in [0.2, 0.25) is 0 Å². The van der Waals surface area contributed by atoms with E-state index in [4.69, 9.17) is 11.6 Å². The Morgan fingerprint density at radius 1 is 2.00 bits per heavy atom. The van der Waals surface area contributed by atoms with Gasteiger partial charge < -0.3 is 5.73 Å². The van der Waals surface area contributed by atoms with Gasteiger partial charge in [-0.3, -0.25) is 4.79 Å². The molecule has 0 aliphatic rings. The first-order valence-corrected chi connectivity index (χ1v) is 1.62. The Kier molecular flexibility index (Phi) is 2.14. The van der Waals surface area contributed by atoms with Crippen LogP contribution in [-0.2, 0) is 4.79 Å². The van der Waals surface area contributed by atoms with E-state index < -0.39 is 0 Å². The standard InChI is InChI=1S/C2H4ClNO/c3-2(5)1-4/h1,4H2/p+1. The maximum Gasteiger partial charge on any atom is 0.275 e. The lowest BCUT2D eigenvalue weighted by molar-refractivity contribution is -0.352. The summed E-state index contributed by atoms with van der Waals surface area (Å²) in [5.74, 6) is 0. The van der Waals surface area contributed by atoms with Crippen molar-refractivity contribution in [1.29, 1.82) is 0 Å². The second kappa shape index (κ2) is 2.18. The van der Waals surface area contributed by atoms with Gasteiger partial charge in [-0.15, -0.1) is 0 Å². The van der Waals surface area contributed by atoms with Crippen LogP contribution in [-0.4, -0.2) is 11.8 Å². The molecule has 30 valence electrons. The summed E-state index contributed by atoms with van der Waals surface area (Å²) in [5.41, 5.74) is 3.20. The normalized spacial score (nSPS) is 7.60. The molecule has 0 radical (unpaired) electrons. The van der Waals surface area contributed by atoms with Crippen molar-refractivity contribution in [3.63, 3.8) is 0 Å². The molecule has 3 N–H and O–H groups in total. The van der Waals surface area contributed by atoms with Crippen LogP contribution in [0, 0.1) is 0 Å². The average molecular weight is 94.5 g/mol. The van der Waals surface area contributed by atoms with E-state index in [9.17, 15) is 4.79 Å². The molecule has 3 heteroatoms. The molecule has 0 bridgehead atoms. The molecule has 0 aliphatic carbocycles. The van der Waals surface area contributed by atoms with Gasteiger partial charge in [-0.05, 0) is 11.6 Å². The summed E-state index contributed by atoms with van der Waals surface area (Å²) in [5, 5.41) is -0.384. The molecule has 0 amide bonds. The largest absolute Gasteiger partial charge is 0.350 e. The Balaban J connectivity index is 2.85. The van der Waals surface area contributed by atoms with Crippen LogP contribution in [0.4, 0.5) is 0 Å². The third kappa shape index (κ3) is 3.92. The zero-order valence-corrected chi connectivity index (χ0v) is 3.46. The van der Waals surface area contributed by atoms with Crippen molar-refractivity contribution < 1.29 is 10.5 Å². The summed E-state index contributed by atoms with van der Waals surface area (Å²) < 4.78 is 0. The molecule has 0 heterocycles. The molecule has 0 saturated heterocycles. The molecular weight excluding hydrogens is 89.5 g/mol. The van der Waals surface area contributed by atoms with Crippen molar-refractivity contribution in [1.82, 2.24) is 0 Å². The average Bonchev–Trinajstić information content (AvgIpc) is 1.38. The smallest absolute Gasteiger partial charge is 0.275 e. The quantitative estimate of drug-likeness (QED) is 0.416. The lowest BCUT2D eigenvalue weighted by Gasteiger charge is -1.66.